The standard InChI is InChI=1S/C26H25ClN6O3/c1-32-14-19(25(31-32)36-2)24(34)30-21-8-11-33(15-18(21)16-6-4-3-5-7-16)26(35)17-12-20(27)23-22(13-17)28-9-10-29-23/h3-7,9-10,12-14,18,21H,8,11,15H2,1-2H3,(H,30,34)/t18-,21-/m1/s1. The Labute approximate surface area is 213 Å². The number of hydrogen-bond acceptors (Lipinski definition) is 6. The van der Waals surface area contributed by atoms with Gasteiger partial charge in [0.25, 0.3) is 11.8 Å². The van der Waals surface area contributed by atoms with Crippen LogP contribution in [0.15, 0.2) is 61.1 Å². The predicted molar refractivity (Wildman–Crippen MR) is 135 cm³/mol. The van der Waals surface area contributed by atoms with Crippen molar-refractivity contribution in [2.75, 3.05) is 20.2 Å². The number of carbonyl (C=O) groups excluding carboxylic acids is 2. The van der Waals surface area contributed by atoms with Gasteiger partial charge < -0.3 is 15.0 Å². The van der Waals surface area contributed by atoms with E-state index in [1.165, 1.54) is 7.11 Å². The van der Waals surface area contributed by atoms with Crippen molar-refractivity contribution in [1.82, 2.24) is 30.0 Å². The number of nitrogens with one attached hydrogen (secondary N) is 1. The summed E-state index contributed by atoms with van der Waals surface area (Å²) < 4.78 is 6.80. The van der Waals surface area contributed by atoms with Crippen molar-refractivity contribution >= 4 is 34.4 Å². The van der Waals surface area contributed by atoms with Gasteiger partial charge in [0.2, 0.25) is 5.88 Å². The van der Waals surface area contributed by atoms with E-state index in [2.05, 4.69) is 20.4 Å². The minimum Gasteiger partial charge on any atom is -0.479 e. The second-order valence-corrected chi connectivity index (χ2v) is 9.15. The zero-order chi connectivity index (χ0) is 25.2. The number of fused-ring (bicyclic) bond motifs is 1. The smallest absolute Gasteiger partial charge is 0.258 e. The topological polar surface area (TPSA) is 102 Å². The largest absolute Gasteiger partial charge is 0.479 e. The van der Waals surface area contributed by atoms with Crippen LogP contribution >= 0.6 is 11.6 Å². The molecule has 9 nitrogen and oxygen atoms in total. The maximum Gasteiger partial charge on any atom is 0.258 e. The Kier molecular flexibility index (Phi) is 6.56. The Balaban J connectivity index is 1.40. The molecule has 1 aliphatic heterocycles. The maximum atomic E-state index is 13.5. The molecule has 36 heavy (non-hydrogen) atoms. The third-order valence-electron chi connectivity index (χ3n) is 6.45. The van der Waals surface area contributed by atoms with Crippen LogP contribution in [0.3, 0.4) is 0 Å². The normalized spacial score (nSPS) is 17.7. The van der Waals surface area contributed by atoms with Crippen molar-refractivity contribution in [3.05, 3.63) is 82.8 Å². The first-order valence-electron chi connectivity index (χ1n) is 11.6. The highest BCUT2D eigenvalue weighted by atomic mass is 35.5. The molecule has 184 valence electrons. The average Bonchev–Trinajstić information content (AvgIpc) is 3.30. The molecule has 1 saturated heterocycles. The fourth-order valence-corrected chi connectivity index (χ4v) is 4.97. The summed E-state index contributed by atoms with van der Waals surface area (Å²) in [5, 5.41) is 7.72. The maximum absolute atomic E-state index is 13.5. The van der Waals surface area contributed by atoms with E-state index in [0.29, 0.717) is 46.7 Å². The van der Waals surface area contributed by atoms with Gasteiger partial charge in [-0.1, -0.05) is 41.9 Å². The summed E-state index contributed by atoms with van der Waals surface area (Å²) in [4.78, 5) is 37.0. The number of amides is 2. The summed E-state index contributed by atoms with van der Waals surface area (Å²) in [5.74, 6) is -0.226. The highest BCUT2D eigenvalue weighted by Gasteiger charge is 2.35. The molecule has 0 spiro atoms. The van der Waals surface area contributed by atoms with E-state index < -0.39 is 0 Å². The highest BCUT2D eigenvalue weighted by Crippen LogP contribution is 2.30. The molecule has 2 aromatic carbocycles. The lowest BCUT2D eigenvalue weighted by Gasteiger charge is -2.39. The highest BCUT2D eigenvalue weighted by molar-refractivity contribution is 6.35. The second-order valence-electron chi connectivity index (χ2n) is 8.74. The minimum absolute atomic E-state index is 0.105. The number of benzene rings is 2. The molecule has 0 radical (unpaired) electrons. The van der Waals surface area contributed by atoms with Gasteiger partial charge in [-0.15, -0.1) is 5.10 Å². The zero-order valence-electron chi connectivity index (χ0n) is 19.9. The molecular weight excluding hydrogens is 480 g/mol. The predicted octanol–water partition coefficient (Wildman–Crippen LogP) is 3.45. The first-order valence-corrected chi connectivity index (χ1v) is 12.0. The molecule has 5 rings (SSSR count). The van der Waals surface area contributed by atoms with Crippen molar-refractivity contribution < 1.29 is 14.3 Å². The Morgan fingerprint density at radius 2 is 1.92 bits per heavy atom. The van der Waals surface area contributed by atoms with Crippen molar-refractivity contribution in [3.63, 3.8) is 0 Å². The van der Waals surface area contributed by atoms with E-state index in [9.17, 15) is 9.59 Å². The number of piperidine rings is 1. The van der Waals surface area contributed by atoms with Gasteiger partial charge in [0.1, 0.15) is 11.1 Å². The van der Waals surface area contributed by atoms with Gasteiger partial charge >= 0.3 is 0 Å². The van der Waals surface area contributed by atoms with Crippen LogP contribution in [0.4, 0.5) is 0 Å². The van der Waals surface area contributed by atoms with Crippen LogP contribution in [0, 0.1) is 0 Å². The van der Waals surface area contributed by atoms with E-state index in [-0.39, 0.29) is 29.7 Å². The molecule has 0 aliphatic carbocycles. The van der Waals surface area contributed by atoms with Gasteiger partial charge in [0, 0.05) is 56.3 Å². The molecule has 3 heterocycles. The summed E-state index contributed by atoms with van der Waals surface area (Å²) >= 11 is 6.40. The lowest BCUT2D eigenvalue weighted by atomic mass is 9.85. The van der Waals surface area contributed by atoms with Crippen LogP contribution in [-0.2, 0) is 7.05 Å². The molecule has 1 aliphatic rings. The Morgan fingerprint density at radius 3 is 2.69 bits per heavy atom. The summed E-state index contributed by atoms with van der Waals surface area (Å²) in [6.07, 6.45) is 5.36. The van der Waals surface area contributed by atoms with Crippen LogP contribution in [-0.4, -0.2) is 62.7 Å². The monoisotopic (exact) mass is 504 g/mol. The molecule has 10 heteroatoms. The SMILES string of the molecule is COc1nn(C)cc1C(=O)N[C@@H]1CCN(C(=O)c2cc(Cl)c3nccnc3c2)C[C@@H]1c1ccccc1. The van der Waals surface area contributed by atoms with Crippen LogP contribution < -0.4 is 10.1 Å². The summed E-state index contributed by atoms with van der Waals surface area (Å²) in [7, 11) is 3.22. The number of ether oxygens (including phenoxy) is 1. The first-order chi connectivity index (χ1) is 17.4. The van der Waals surface area contributed by atoms with E-state index in [1.54, 1.807) is 47.4 Å². The zero-order valence-corrected chi connectivity index (χ0v) is 20.6. The number of aryl methyl sites for hydroxylation is 1. The van der Waals surface area contributed by atoms with Gasteiger partial charge in [-0.3, -0.25) is 24.2 Å². The number of nitrogens with zero attached hydrogens (tertiary/aromatic N) is 5. The van der Waals surface area contributed by atoms with Gasteiger partial charge in [-0.25, -0.2) is 0 Å². The van der Waals surface area contributed by atoms with E-state index in [1.807, 2.05) is 30.3 Å². The number of methoxy groups -OCH3 is 1. The Bertz CT molecular complexity index is 1420. The third-order valence-corrected chi connectivity index (χ3v) is 6.74. The third kappa shape index (κ3) is 4.61. The number of likely N-dealkylation sites (tertiary alicyclic amines) is 1. The lowest BCUT2D eigenvalue weighted by molar-refractivity contribution is 0.0671. The average molecular weight is 505 g/mol. The van der Waals surface area contributed by atoms with E-state index >= 15 is 0 Å². The molecule has 2 aromatic heterocycles. The number of hydrogen-bond donors (Lipinski definition) is 1. The number of halogens is 1. The molecule has 2 amide bonds. The van der Waals surface area contributed by atoms with E-state index in [0.717, 1.165) is 5.56 Å². The summed E-state index contributed by atoms with van der Waals surface area (Å²) in [6.45, 7) is 0.918. The summed E-state index contributed by atoms with van der Waals surface area (Å²) in [6, 6.07) is 13.1. The number of carbonyl (C=O) groups is 2. The minimum atomic E-state index is -0.259. The second kappa shape index (κ2) is 9.94. The molecule has 0 saturated carbocycles. The van der Waals surface area contributed by atoms with Gasteiger partial charge in [-0.2, -0.15) is 0 Å². The van der Waals surface area contributed by atoms with Gasteiger partial charge in [-0.05, 0) is 24.1 Å². The van der Waals surface area contributed by atoms with E-state index in [4.69, 9.17) is 16.3 Å². The quantitative estimate of drug-likeness (QED) is 0.446. The van der Waals surface area contributed by atoms with Crippen LogP contribution in [0.5, 0.6) is 5.88 Å². The van der Waals surface area contributed by atoms with Crippen molar-refractivity contribution in [1.29, 1.82) is 0 Å². The van der Waals surface area contributed by atoms with Gasteiger partial charge in [0.05, 0.1) is 17.6 Å². The summed E-state index contributed by atoms with van der Waals surface area (Å²) in [5.41, 5.74) is 3.01. The number of rotatable bonds is 5. The molecule has 1 fully saturated rings. The molecule has 0 bridgehead atoms. The molecular formula is C26H25ClN6O3. The van der Waals surface area contributed by atoms with Crippen molar-refractivity contribution in [2.45, 2.75) is 18.4 Å². The van der Waals surface area contributed by atoms with Crippen molar-refractivity contribution in [2.24, 2.45) is 7.05 Å². The first kappa shape index (κ1) is 23.7. The fourth-order valence-electron chi connectivity index (χ4n) is 4.71. The molecule has 4 aromatic rings. The van der Waals surface area contributed by atoms with Crippen molar-refractivity contribution in [3.8, 4) is 5.88 Å². The number of aromatic nitrogens is 4. The molecule has 0 unspecified atom stereocenters. The lowest BCUT2D eigenvalue weighted by Crippen LogP contribution is -2.51. The van der Waals surface area contributed by atoms with Crippen LogP contribution in [0.2, 0.25) is 5.02 Å². The molecule has 1 N–H and O–H groups in total. The van der Waals surface area contributed by atoms with Crippen LogP contribution in [0.1, 0.15) is 38.6 Å². The Hall–Kier alpha value is -3.98. The molecule has 2 atom stereocenters. The fraction of sp³-hybridized carbons (Fsp3) is 0.269. The van der Waals surface area contributed by atoms with Gasteiger partial charge in [0.15, 0.2) is 0 Å². The van der Waals surface area contributed by atoms with Crippen LogP contribution in [0.25, 0.3) is 11.0 Å². The Morgan fingerprint density at radius 1 is 1.14 bits per heavy atom.